The minimum Gasteiger partial charge on any atom is -0.399 e. The van der Waals surface area contributed by atoms with Crippen molar-refractivity contribution in [3.8, 4) is 0 Å². The van der Waals surface area contributed by atoms with Gasteiger partial charge in [-0.05, 0) is 50.6 Å². The second-order valence-electron chi connectivity index (χ2n) is 5.82. The van der Waals surface area contributed by atoms with Crippen molar-refractivity contribution < 1.29 is 4.79 Å². The number of amides is 1. The summed E-state index contributed by atoms with van der Waals surface area (Å²) in [6.45, 7) is 10.2. The van der Waals surface area contributed by atoms with Gasteiger partial charge in [0.25, 0.3) is 5.91 Å². The van der Waals surface area contributed by atoms with Gasteiger partial charge in [0.1, 0.15) is 0 Å². The Kier molecular flexibility index (Phi) is 5.23. The molecule has 1 aliphatic heterocycles. The van der Waals surface area contributed by atoms with Crippen molar-refractivity contribution >= 4 is 11.6 Å². The van der Waals surface area contributed by atoms with Gasteiger partial charge < -0.3 is 15.5 Å². The van der Waals surface area contributed by atoms with Crippen LogP contribution in [0.4, 0.5) is 5.69 Å². The van der Waals surface area contributed by atoms with E-state index in [9.17, 15) is 4.79 Å². The molecule has 0 atom stereocenters. The second-order valence-corrected chi connectivity index (χ2v) is 5.82. The van der Waals surface area contributed by atoms with E-state index in [-0.39, 0.29) is 5.91 Å². The van der Waals surface area contributed by atoms with E-state index >= 15 is 0 Å². The first-order valence-electron chi connectivity index (χ1n) is 7.96. The maximum Gasteiger partial charge on any atom is 0.254 e. The third kappa shape index (κ3) is 3.56. The molecule has 1 heterocycles. The molecule has 0 radical (unpaired) electrons. The lowest BCUT2D eigenvalue weighted by Gasteiger charge is -2.37. The Morgan fingerprint density at radius 3 is 2.48 bits per heavy atom. The number of benzene rings is 1. The molecule has 1 aromatic rings. The third-order valence-corrected chi connectivity index (χ3v) is 4.57. The number of hydrogen-bond donors (Lipinski definition) is 1. The molecule has 0 unspecified atom stereocenters. The average molecular weight is 289 g/mol. The Morgan fingerprint density at radius 1 is 1.29 bits per heavy atom. The monoisotopic (exact) mass is 289 g/mol. The number of likely N-dealkylation sites (tertiary alicyclic amines) is 1. The first kappa shape index (κ1) is 15.8. The van der Waals surface area contributed by atoms with E-state index in [0.29, 0.717) is 11.7 Å². The van der Waals surface area contributed by atoms with Crippen molar-refractivity contribution in [1.29, 1.82) is 0 Å². The SMILES string of the molecule is CCN(CC)C1CCN(C(=O)c2cc(N)ccc2C)CC1. The molecule has 2 N–H and O–H groups in total. The molecule has 116 valence electrons. The van der Waals surface area contributed by atoms with Crippen LogP contribution in [0.25, 0.3) is 0 Å². The van der Waals surface area contributed by atoms with E-state index in [2.05, 4.69) is 18.7 Å². The van der Waals surface area contributed by atoms with Crippen molar-refractivity contribution in [1.82, 2.24) is 9.80 Å². The number of rotatable bonds is 4. The van der Waals surface area contributed by atoms with Crippen molar-refractivity contribution in [3.63, 3.8) is 0 Å². The van der Waals surface area contributed by atoms with E-state index in [1.807, 2.05) is 24.0 Å². The van der Waals surface area contributed by atoms with Crippen LogP contribution >= 0.6 is 0 Å². The van der Waals surface area contributed by atoms with Crippen LogP contribution in [0.5, 0.6) is 0 Å². The van der Waals surface area contributed by atoms with Gasteiger partial charge in [0, 0.05) is 30.4 Å². The molecule has 4 heteroatoms. The predicted octanol–water partition coefficient (Wildman–Crippen LogP) is 2.52. The number of hydrogen-bond acceptors (Lipinski definition) is 3. The summed E-state index contributed by atoms with van der Waals surface area (Å²) < 4.78 is 0. The lowest BCUT2D eigenvalue weighted by molar-refractivity contribution is 0.0631. The van der Waals surface area contributed by atoms with Gasteiger partial charge in [-0.15, -0.1) is 0 Å². The zero-order valence-corrected chi connectivity index (χ0v) is 13.4. The van der Waals surface area contributed by atoms with Gasteiger partial charge in [-0.1, -0.05) is 19.9 Å². The zero-order valence-electron chi connectivity index (χ0n) is 13.4. The number of aryl methyl sites for hydroxylation is 1. The summed E-state index contributed by atoms with van der Waals surface area (Å²) in [5.41, 5.74) is 8.22. The average Bonchev–Trinajstić information content (AvgIpc) is 2.51. The highest BCUT2D eigenvalue weighted by molar-refractivity contribution is 5.96. The number of nitrogens with zero attached hydrogens (tertiary/aromatic N) is 2. The third-order valence-electron chi connectivity index (χ3n) is 4.57. The van der Waals surface area contributed by atoms with Crippen LogP contribution < -0.4 is 5.73 Å². The Hall–Kier alpha value is -1.55. The molecule has 0 saturated carbocycles. The van der Waals surface area contributed by atoms with Gasteiger partial charge in [0.15, 0.2) is 0 Å². The first-order chi connectivity index (χ1) is 10.1. The molecule has 0 spiro atoms. The molecule has 1 amide bonds. The highest BCUT2D eigenvalue weighted by Crippen LogP contribution is 2.20. The molecule has 0 aromatic heterocycles. The van der Waals surface area contributed by atoms with Gasteiger partial charge in [0.05, 0.1) is 0 Å². The summed E-state index contributed by atoms with van der Waals surface area (Å²) in [4.78, 5) is 17.1. The number of carbonyl (C=O) groups excluding carboxylic acids is 1. The molecule has 1 fully saturated rings. The van der Waals surface area contributed by atoms with Crippen LogP contribution in [0.2, 0.25) is 0 Å². The van der Waals surface area contributed by atoms with E-state index in [4.69, 9.17) is 5.73 Å². The number of piperidine rings is 1. The summed E-state index contributed by atoms with van der Waals surface area (Å²) in [6.07, 6.45) is 2.13. The van der Waals surface area contributed by atoms with Gasteiger partial charge in [-0.3, -0.25) is 4.79 Å². The second kappa shape index (κ2) is 6.94. The molecule has 1 saturated heterocycles. The van der Waals surface area contributed by atoms with Crippen LogP contribution in [0.1, 0.15) is 42.6 Å². The van der Waals surface area contributed by atoms with Gasteiger partial charge in [0.2, 0.25) is 0 Å². The Bertz CT molecular complexity index is 489. The lowest BCUT2D eigenvalue weighted by Crippen LogP contribution is -2.46. The van der Waals surface area contributed by atoms with Crippen LogP contribution in [0, 0.1) is 6.92 Å². The molecular weight excluding hydrogens is 262 g/mol. The molecule has 0 aliphatic carbocycles. The summed E-state index contributed by atoms with van der Waals surface area (Å²) in [5.74, 6) is 0.123. The van der Waals surface area contributed by atoms with Gasteiger partial charge in [-0.25, -0.2) is 0 Å². The van der Waals surface area contributed by atoms with Crippen LogP contribution in [-0.4, -0.2) is 47.9 Å². The number of nitrogen functional groups attached to an aromatic ring is 1. The van der Waals surface area contributed by atoms with E-state index in [1.54, 1.807) is 6.07 Å². The molecule has 2 rings (SSSR count). The zero-order chi connectivity index (χ0) is 15.4. The van der Waals surface area contributed by atoms with E-state index in [0.717, 1.165) is 50.1 Å². The molecule has 0 bridgehead atoms. The number of nitrogens with two attached hydrogens (primary N) is 1. The molecular formula is C17H27N3O. The number of anilines is 1. The summed E-state index contributed by atoms with van der Waals surface area (Å²) >= 11 is 0. The maximum atomic E-state index is 12.6. The standard InChI is InChI=1S/C17H27N3O/c1-4-19(5-2)15-8-10-20(11-9-15)17(21)16-12-14(18)7-6-13(16)3/h6-7,12,15H,4-5,8-11,18H2,1-3H3. The molecule has 4 nitrogen and oxygen atoms in total. The van der Waals surface area contributed by atoms with E-state index in [1.165, 1.54) is 0 Å². The fourth-order valence-electron chi connectivity index (χ4n) is 3.21. The summed E-state index contributed by atoms with van der Waals surface area (Å²) in [7, 11) is 0. The Balaban J connectivity index is 2.02. The summed E-state index contributed by atoms with van der Waals surface area (Å²) in [6, 6.07) is 6.18. The van der Waals surface area contributed by atoms with Crippen molar-refractivity contribution in [3.05, 3.63) is 29.3 Å². The molecule has 1 aliphatic rings. The maximum absolute atomic E-state index is 12.6. The number of carbonyl (C=O) groups is 1. The topological polar surface area (TPSA) is 49.6 Å². The minimum atomic E-state index is 0.123. The largest absolute Gasteiger partial charge is 0.399 e. The highest BCUT2D eigenvalue weighted by Gasteiger charge is 2.26. The van der Waals surface area contributed by atoms with Gasteiger partial charge in [-0.2, -0.15) is 0 Å². The van der Waals surface area contributed by atoms with Crippen molar-refractivity contribution in [2.24, 2.45) is 0 Å². The van der Waals surface area contributed by atoms with Crippen LogP contribution in [0.15, 0.2) is 18.2 Å². The van der Waals surface area contributed by atoms with Gasteiger partial charge >= 0.3 is 0 Å². The minimum absolute atomic E-state index is 0.123. The Morgan fingerprint density at radius 2 is 1.90 bits per heavy atom. The summed E-state index contributed by atoms with van der Waals surface area (Å²) in [5, 5.41) is 0. The predicted molar refractivity (Wildman–Crippen MR) is 87.4 cm³/mol. The first-order valence-corrected chi connectivity index (χ1v) is 7.96. The Labute approximate surface area is 127 Å². The van der Waals surface area contributed by atoms with E-state index < -0.39 is 0 Å². The van der Waals surface area contributed by atoms with Crippen molar-refractivity contribution in [2.45, 2.75) is 39.7 Å². The van der Waals surface area contributed by atoms with Crippen molar-refractivity contribution in [2.75, 3.05) is 31.9 Å². The fraction of sp³-hybridized carbons (Fsp3) is 0.588. The van der Waals surface area contributed by atoms with Crippen LogP contribution in [0.3, 0.4) is 0 Å². The fourth-order valence-corrected chi connectivity index (χ4v) is 3.21. The quantitative estimate of drug-likeness (QED) is 0.867. The lowest BCUT2D eigenvalue weighted by atomic mass is 10.0. The molecule has 1 aromatic carbocycles. The normalized spacial score (nSPS) is 16.5. The molecule has 21 heavy (non-hydrogen) atoms. The highest BCUT2D eigenvalue weighted by atomic mass is 16.2. The van der Waals surface area contributed by atoms with Crippen LogP contribution in [-0.2, 0) is 0 Å². The smallest absolute Gasteiger partial charge is 0.254 e.